The van der Waals surface area contributed by atoms with E-state index in [1.807, 2.05) is 13.0 Å². The van der Waals surface area contributed by atoms with Gasteiger partial charge >= 0.3 is 5.97 Å². The van der Waals surface area contributed by atoms with Gasteiger partial charge < -0.3 is 10.1 Å². The van der Waals surface area contributed by atoms with E-state index in [-0.39, 0.29) is 24.7 Å². The third kappa shape index (κ3) is 5.90. The molecular formula is C18H18FNO3. The first-order chi connectivity index (χ1) is 11.0. The lowest BCUT2D eigenvalue weighted by Gasteiger charge is -2.07. The molecule has 0 aromatic heterocycles. The Bertz CT molecular complexity index is 683. The lowest BCUT2D eigenvalue weighted by atomic mass is 10.1. The predicted octanol–water partition coefficient (Wildman–Crippen LogP) is 2.79. The number of rotatable bonds is 6. The summed E-state index contributed by atoms with van der Waals surface area (Å²) >= 11 is 0. The molecule has 0 bridgehead atoms. The van der Waals surface area contributed by atoms with Crippen LogP contribution in [0.2, 0.25) is 0 Å². The molecular weight excluding hydrogens is 297 g/mol. The van der Waals surface area contributed by atoms with Gasteiger partial charge in [0.2, 0.25) is 5.91 Å². The SMILES string of the molecule is Cc1cccc(OC(=O)CNC(=O)CCc2ccc(F)cc2)c1. The highest BCUT2D eigenvalue weighted by atomic mass is 19.1. The number of benzene rings is 2. The molecule has 2 aromatic rings. The number of carbonyl (C=O) groups is 2. The minimum Gasteiger partial charge on any atom is -0.425 e. The van der Waals surface area contributed by atoms with Gasteiger partial charge in [-0.15, -0.1) is 0 Å². The van der Waals surface area contributed by atoms with E-state index in [0.717, 1.165) is 11.1 Å². The summed E-state index contributed by atoms with van der Waals surface area (Å²) < 4.78 is 17.9. The van der Waals surface area contributed by atoms with Crippen LogP contribution in [-0.4, -0.2) is 18.4 Å². The molecule has 0 aliphatic rings. The molecule has 1 N–H and O–H groups in total. The number of amides is 1. The zero-order valence-electron chi connectivity index (χ0n) is 12.8. The van der Waals surface area contributed by atoms with Gasteiger partial charge in [0.25, 0.3) is 0 Å². The molecule has 0 unspecified atom stereocenters. The van der Waals surface area contributed by atoms with E-state index in [4.69, 9.17) is 4.74 Å². The Morgan fingerprint density at radius 3 is 2.57 bits per heavy atom. The fourth-order valence-corrected chi connectivity index (χ4v) is 2.01. The average Bonchev–Trinajstić information content (AvgIpc) is 2.52. The van der Waals surface area contributed by atoms with Crippen molar-refractivity contribution >= 4 is 11.9 Å². The van der Waals surface area contributed by atoms with Crippen molar-refractivity contribution in [1.82, 2.24) is 5.32 Å². The van der Waals surface area contributed by atoms with E-state index in [9.17, 15) is 14.0 Å². The van der Waals surface area contributed by atoms with Crippen molar-refractivity contribution in [2.24, 2.45) is 0 Å². The Labute approximate surface area is 134 Å². The monoisotopic (exact) mass is 315 g/mol. The average molecular weight is 315 g/mol. The van der Waals surface area contributed by atoms with Crippen LogP contribution in [0.4, 0.5) is 4.39 Å². The van der Waals surface area contributed by atoms with Crippen molar-refractivity contribution in [2.45, 2.75) is 19.8 Å². The minimum absolute atomic E-state index is 0.184. The van der Waals surface area contributed by atoms with Crippen LogP contribution >= 0.6 is 0 Å². The molecule has 0 spiro atoms. The molecule has 0 fully saturated rings. The summed E-state index contributed by atoms with van der Waals surface area (Å²) in [5.41, 5.74) is 1.85. The number of hydrogen-bond acceptors (Lipinski definition) is 3. The van der Waals surface area contributed by atoms with E-state index in [1.54, 1.807) is 30.3 Å². The van der Waals surface area contributed by atoms with Gasteiger partial charge in [-0.05, 0) is 48.7 Å². The van der Waals surface area contributed by atoms with E-state index in [1.165, 1.54) is 12.1 Å². The van der Waals surface area contributed by atoms with Gasteiger partial charge in [0.05, 0.1) is 0 Å². The van der Waals surface area contributed by atoms with E-state index >= 15 is 0 Å². The van der Waals surface area contributed by atoms with Crippen LogP contribution in [0.1, 0.15) is 17.5 Å². The maximum absolute atomic E-state index is 12.8. The second kappa shape index (κ2) is 8.08. The van der Waals surface area contributed by atoms with Gasteiger partial charge in [-0.1, -0.05) is 24.3 Å². The topological polar surface area (TPSA) is 55.4 Å². The van der Waals surface area contributed by atoms with Crippen molar-refractivity contribution in [1.29, 1.82) is 0 Å². The summed E-state index contributed by atoms with van der Waals surface area (Å²) in [4.78, 5) is 23.4. The summed E-state index contributed by atoms with van der Waals surface area (Å²) in [5.74, 6) is -0.631. The second-order valence-electron chi connectivity index (χ2n) is 5.19. The minimum atomic E-state index is -0.522. The molecule has 0 heterocycles. The smallest absolute Gasteiger partial charge is 0.330 e. The summed E-state index contributed by atoms with van der Waals surface area (Å²) in [7, 11) is 0. The number of halogens is 1. The van der Waals surface area contributed by atoms with Gasteiger partial charge in [0.15, 0.2) is 0 Å². The molecule has 0 atom stereocenters. The number of nitrogens with one attached hydrogen (secondary N) is 1. The van der Waals surface area contributed by atoms with Crippen LogP contribution in [0.25, 0.3) is 0 Å². The van der Waals surface area contributed by atoms with Crippen LogP contribution in [-0.2, 0) is 16.0 Å². The highest BCUT2D eigenvalue weighted by molar-refractivity contribution is 5.82. The summed E-state index contributed by atoms with van der Waals surface area (Å²) in [5, 5.41) is 2.51. The normalized spacial score (nSPS) is 10.2. The van der Waals surface area contributed by atoms with Gasteiger partial charge in [-0.2, -0.15) is 0 Å². The maximum atomic E-state index is 12.8. The first-order valence-electron chi connectivity index (χ1n) is 7.31. The van der Waals surface area contributed by atoms with Crippen LogP contribution in [0, 0.1) is 12.7 Å². The van der Waals surface area contributed by atoms with Crippen molar-refractivity contribution in [3.05, 3.63) is 65.5 Å². The molecule has 0 saturated carbocycles. The van der Waals surface area contributed by atoms with E-state index in [2.05, 4.69) is 5.32 Å². The molecule has 0 aliphatic heterocycles. The molecule has 2 aromatic carbocycles. The Balaban J connectivity index is 1.71. The quantitative estimate of drug-likeness (QED) is 0.659. The molecule has 5 heteroatoms. The number of esters is 1. The lowest BCUT2D eigenvalue weighted by molar-refractivity contribution is -0.135. The van der Waals surface area contributed by atoms with Crippen LogP contribution in [0.3, 0.4) is 0 Å². The summed E-state index contributed by atoms with van der Waals surface area (Å²) in [6.07, 6.45) is 0.711. The van der Waals surface area contributed by atoms with Gasteiger partial charge in [-0.3, -0.25) is 4.79 Å². The fourth-order valence-electron chi connectivity index (χ4n) is 2.01. The number of aryl methyl sites for hydroxylation is 2. The largest absolute Gasteiger partial charge is 0.425 e. The highest BCUT2D eigenvalue weighted by Crippen LogP contribution is 2.12. The Morgan fingerprint density at radius 1 is 1.13 bits per heavy atom. The van der Waals surface area contributed by atoms with Crippen LogP contribution in [0.5, 0.6) is 5.75 Å². The first kappa shape index (κ1) is 16.7. The third-order valence-electron chi connectivity index (χ3n) is 3.21. The van der Waals surface area contributed by atoms with Gasteiger partial charge in [0, 0.05) is 6.42 Å². The zero-order valence-corrected chi connectivity index (χ0v) is 12.8. The van der Waals surface area contributed by atoms with Gasteiger partial charge in [0.1, 0.15) is 18.1 Å². The third-order valence-corrected chi connectivity index (χ3v) is 3.21. The molecule has 0 aliphatic carbocycles. The maximum Gasteiger partial charge on any atom is 0.330 e. The molecule has 23 heavy (non-hydrogen) atoms. The van der Waals surface area contributed by atoms with Crippen LogP contribution in [0.15, 0.2) is 48.5 Å². The first-order valence-corrected chi connectivity index (χ1v) is 7.31. The molecule has 4 nitrogen and oxygen atoms in total. The van der Waals surface area contributed by atoms with Gasteiger partial charge in [-0.25, -0.2) is 9.18 Å². The number of carbonyl (C=O) groups excluding carboxylic acids is 2. The van der Waals surface area contributed by atoms with Crippen molar-refractivity contribution < 1.29 is 18.7 Å². The van der Waals surface area contributed by atoms with Crippen molar-refractivity contribution in [3.8, 4) is 5.75 Å². The Morgan fingerprint density at radius 2 is 1.87 bits per heavy atom. The van der Waals surface area contributed by atoms with E-state index < -0.39 is 5.97 Å². The zero-order chi connectivity index (χ0) is 16.7. The Hall–Kier alpha value is -2.69. The predicted molar refractivity (Wildman–Crippen MR) is 84.5 cm³/mol. The molecule has 1 amide bonds. The standard InChI is InChI=1S/C18H18FNO3/c1-13-3-2-4-16(11-13)23-18(22)12-20-17(21)10-7-14-5-8-15(19)9-6-14/h2-6,8-9,11H,7,10,12H2,1H3,(H,20,21). The second-order valence-corrected chi connectivity index (χ2v) is 5.19. The van der Waals surface area contributed by atoms with Crippen molar-refractivity contribution in [3.63, 3.8) is 0 Å². The van der Waals surface area contributed by atoms with E-state index in [0.29, 0.717) is 12.2 Å². The number of hydrogen-bond donors (Lipinski definition) is 1. The van der Waals surface area contributed by atoms with Crippen molar-refractivity contribution in [2.75, 3.05) is 6.54 Å². The van der Waals surface area contributed by atoms with Crippen LogP contribution < -0.4 is 10.1 Å². The molecule has 0 radical (unpaired) electrons. The fraction of sp³-hybridized carbons (Fsp3) is 0.222. The summed E-state index contributed by atoms with van der Waals surface area (Å²) in [6, 6.07) is 13.1. The molecule has 120 valence electrons. The molecule has 2 rings (SSSR count). The number of ether oxygens (including phenoxy) is 1. The lowest BCUT2D eigenvalue weighted by Crippen LogP contribution is -2.32. The highest BCUT2D eigenvalue weighted by Gasteiger charge is 2.08. The summed E-state index contributed by atoms with van der Waals surface area (Å²) in [6.45, 7) is 1.71. The Kier molecular flexibility index (Phi) is 5.86. The molecule has 0 saturated heterocycles.